The van der Waals surface area contributed by atoms with Crippen LogP contribution in [0.1, 0.15) is 23.6 Å². The summed E-state index contributed by atoms with van der Waals surface area (Å²) >= 11 is 0. The first kappa shape index (κ1) is 24.3. The van der Waals surface area contributed by atoms with Crippen molar-refractivity contribution in [3.05, 3.63) is 114 Å². The van der Waals surface area contributed by atoms with Gasteiger partial charge < -0.3 is 19.6 Å². The summed E-state index contributed by atoms with van der Waals surface area (Å²) in [5, 5.41) is 0.984. The van der Waals surface area contributed by atoms with Crippen LogP contribution >= 0.6 is 0 Å². The number of benzene rings is 4. The highest BCUT2D eigenvalue weighted by atomic mass is 16.5. The highest BCUT2D eigenvalue weighted by Crippen LogP contribution is 2.37. The molecule has 0 saturated heterocycles. The van der Waals surface area contributed by atoms with Gasteiger partial charge in [-0.1, -0.05) is 66.7 Å². The van der Waals surface area contributed by atoms with Crippen LogP contribution in [0, 0.1) is 0 Å². The minimum Gasteiger partial charge on any atom is -0.488 e. The number of rotatable bonds is 9. The SMILES string of the molecule is CCOC(=O)Cc1ccccc1OCc1coc2c(-c3ccccc3)cc(-c3cccc(CN)c3)cc12. The predicted octanol–water partition coefficient (Wildman–Crippen LogP) is 6.91. The standard InChI is InChI=1S/C32H29NO4/c1-2-35-31(34)18-25-12-6-7-14-30(25)36-20-27-21-37-32-28(23-10-4-3-5-11-23)16-26(17-29(27)32)24-13-8-9-22(15-24)19-33/h3-17,21H,2,18-20,33H2,1H3. The van der Waals surface area contributed by atoms with E-state index in [2.05, 4.69) is 36.4 Å². The van der Waals surface area contributed by atoms with Crippen molar-refractivity contribution in [3.63, 3.8) is 0 Å². The van der Waals surface area contributed by atoms with E-state index in [0.717, 1.165) is 49.9 Å². The molecule has 37 heavy (non-hydrogen) atoms. The maximum Gasteiger partial charge on any atom is 0.310 e. The van der Waals surface area contributed by atoms with Crippen LogP contribution in [0.3, 0.4) is 0 Å². The molecule has 0 atom stereocenters. The highest BCUT2D eigenvalue weighted by Gasteiger charge is 2.16. The van der Waals surface area contributed by atoms with Crippen molar-refractivity contribution < 1.29 is 18.7 Å². The van der Waals surface area contributed by atoms with Crippen molar-refractivity contribution in [2.24, 2.45) is 5.73 Å². The van der Waals surface area contributed by atoms with Gasteiger partial charge >= 0.3 is 5.97 Å². The quantitative estimate of drug-likeness (QED) is 0.227. The molecular weight excluding hydrogens is 462 g/mol. The normalized spacial score (nSPS) is 11.0. The van der Waals surface area contributed by atoms with Gasteiger partial charge in [-0.15, -0.1) is 0 Å². The Morgan fingerprint density at radius 2 is 1.62 bits per heavy atom. The average Bonchev–Trinajstić information content (AvgIpc) is 3.35. The lowest BCUT2D eigenvalue weighted by Crippen LogP contribution is -2.09. The molecule has 1 aromatic heterocycles. The van der Waals surface area contributed by atoms with Gasteiger partial charge in [-0.25, -0.2) is 0 Å². The smallest absolute Gasteiger partial charge is 0.310 e. The molecule has 1 heterocycles. The molecule has 2 N–H and O–H groups in total. The molecular formula is C32H29NO4. The Balaban J connectivity index is 1.53. The van der Waals surface area contributed by atoms with Crippen LogP contribution < -0.4 is 10.5 Å². The molecule has 0 radical (unpaired) electrons. The van der Waals surface area contributed by atoms with E-state index in [1.165, 1.54) is 0 Å². The molecule has 5 heteroatoms. The molecule has 0 unspecified atom stereocenters. The maximum absolute atomic E-state index is 12.1. The largest absolute Gasteiger partial charge is 0.488 e. The molecule has 5 aromatic rings. The van der Waals surface area contributed by atoms with Crippen LogP contribution in [-0.2, 0) is 29.1 Å². The van der Waals surface area contributed by atoms with Crippen LogP contribution in [0.25, 0.3) is 33.2 Å². The monoisotopic (exact) mass is 491 g/mol. The van der Waals surface area contributed by atoms with Crippen LogP contribution in [0.4, 0.5) is 0 Å². The lowest BCUT2D eigenvalue weighted by Gasteiger charge is -2.12. The van der Waals surface area contributed by atoms with E-state index in [9.17, 15) is 4.79 Å². The number of furan rings is 1. The Labute approximate surface area is 216 Å². The molecule has 0 fully saturated rings. The molecule has 0 aliphatic heterocycles. The van der Waals surface area contributed by atoms with E-state index in [1.807, 2.05) is 54.6 Å². The lowest BCUT2D eigenvalue weighted by atomic mass is 9.95. The summed E-state index contributed by atoms with van der Waals surface area (Å²) in [5.41, 5.74) is 13.8. The molecule has 5 rings (SSSR count). The number of fused-ring (bicyclic) bond motifs is 1. The van der Waals surface area contributed by atoms with Crippen LogP contribution in [0.5, 0.6) is 5.75 Å². The van der Waals surface area contributed by atoms with Crippen molar-refractivity contribution in [1.29, 1.82) is 0 Å². The Morgan fingerprint density at radius 3 is 2.43 bits per heavy atom. The van der Waals surface area contributed by atoms with Gasteiger partial charge in [0.25, 0.3) is 0 Å². The second kappa shape index (κ2) is 11.1. The van der Waals surface area contributed by atoms with Crippen molar-refractivity contribution in [3.8, 4) is 28.0 Å². The third-order valence-corrected chi connectivity index (χ3v) is 6.33. The Kier molecular flexibility index (Phi) is 7.33. The molecule has 0 aliphatic carbocycles. The first-order valence-corrected chi connectivity index (χ1v) is 12.4. The molecule has 186 valence electrons. The van der Waals surface area contributed by atoms with Gasteiger partial charge in [-0.05, 0) is 53.4 Å². The second-order valence-electron chi connectivity index (χ2n) is 8.81. The third kappa shape index (κ3) is 5.42. The van der Waals surface area contributed by atoms with E-state index in [0.29, 0.717) is 25.5 Å². The number of carbonyl (C=O) groups excluding carboxylic acids is 1. The first-order chi connectivity index (χ1) is 18.2. The number of nitrogens with two attached hydrogens (primary N) is 1. The number of hydrogen-bond donors (Lipinski definition) is 1. The summed E-state index contributed by atoms with van der Waals surface area (Å²) in [7, 11) is 0. The molecule has 0 bridgehead atoms. The van der Waals surface area contributed by atoms with Crippen LogP contribution in [0.15, 0.2) is 102 Å². The lowest BCUT2D eigenvalue weighted by molar-refractivity contribution is -0.142. The van der Waals surface area contributed by atoms with Crippen molar-refractivity contribution in [2.45, 2.75) is 26.5 Å². The molecule has 4 aromatic carbocycles. The number of hydrogen-bond acceptors (Lipinski definition) is 5. The second-order valence-corrected chi connectivity index (χ2v) is 8.81. The summed E-state index contributed by atoms with van der Waals surface area (Å²) < 4.78 is 17.4. The van der Waals surface area contributed by atoms with Gasteiger partial charge in [0, 0.05) is 28.6 Å². The first-order valence-electron chi connectivity index (χ1n) is 12.4. The Hall–Kier alpha value is -4.35. The Bertz CT molecular complexity index is 1520. The fourth-order valence-electron chi connectivity index (χ4n) is 4.49. The van der Waals surface area contributed by atoms with E-state index in [-0.39, 0.29) is 12.4 Å². The highest BCUT2D eigenvalue weighted by molar-refractivity contribution is 5.98. The van der Waals surface area contributed by atoms with Crippen molar-refractivity contribution in [1.82, 2.24) is 0 Å². The van der Waals surface area contributed by atoms with Gasteiger partial charge in [0.2, 0.25) is 0 Å². The number of ether oxygens (including phenoxy) is 2. The van der Waals surface area contributed by atoms with Gasteiger partial charge in [0.1, 0.15) is 17.9 Å². The van der Waals surface area contributed by atoms with E-state index in [1.54, 1.807) is 13.2 Å². The molecule has 0 spiro atoms. The number of carbonyl (C=O) groups is 1. The predicted molar refractivity (Wildman–Crippen MR) is 146 cm³/mol. The molecule has 0 saturated carbocycles. The van der Waals surface area contributed by atoms with Gasteiger partial charge in [-0.2, -0.15) is 0 Å². The molecule has 5 nitrogen and oxygen atoms in total. The fourth-order valence-corrected chi connectivity index (χ4v) is 4.49. The zero-order chi connectivity index (χ0) is 25.6. The Morgan fingerprint density at radius 1 is 0.838 bits per heavy atom. The van der Waals surface area contributed by atoms with E-state index in [4.69, 9.17) is 19.6 Å². The summed E-state index contributed by atoms with van der Waals surface area (Å²) in [5.74, 6) is 0.379. The van der Waals surface area contributed by atoms with E-state index < -0.39 is 0 Å². The van der Waals surface area contributed by atoms with E-state index >= 15 is 0 Å². The topological polar surface area (TPSA) is 74.7 Å². The summed E-state index contributed by atoms with van der Waals surface area (Å²) in [6.07, 6.45) is 1.92. The van der Waals surface area contributed by atoms with Crippen molar-refractivity contribution >= 4 is 16.9 Å². The van der Waals surface area contributed by atoms with Crippen LogP contribution in [-0.4, -0.2) is 12.6 Å². The number of para-hydroxylation sites is 1. The van der Waals surface area contributed by atoms with Gasteiger partial charge in [0.05, 0.1) is 19.3 Å². The maximum atomic E-state index is 12.1. The summed E-state index contributed by atoms with van der Waals surface area (Å²) in [6.45, 7) is 2.93. The zero-order valence-electron chi connectivity index (χ0n) is 20.8. The minimum absolute atomic E-state index is 0.163. The summed E-state index contributed by atoms with van der Waals surface area (Å²) in [4.78, 5) is 12.1. The average molecular weight is 492 g/mol. The zero-order valence-corrected chi connectivity index (χ0v) is 20.8. The third-order valence-electron chi connectivity index (χ3n) is 6.33. The minimum atomic E-state index is -0.274. The van der Waals surface area contributed by atoms with Crippen LogP contribution in [0.2, 0.25) is 0 Å². The fraction of sp³-hybridized carbons (Fsp3) is 0.156. The molecule has 0 aliphatic rings. The van der Waals surface area contributed by atoms with Gasteiger partial charge in [-0.3, -0.25) is 4.79 Å². The molecule has 0 amide bonds. The summed E-state index contributed by atoms with van der Waals surface area (Å²) in [6, 6.07) is 30.3. The van der Waals surface area contributed by atoms with Crippen molar-refractivity contribution in [2.75, 3.05) is 6.61 Å². The van der Waals surface area contributed by atoms with Gasteiger partial charge in [0.15, 0.2) is 0 Å². The number of esters is 1.